The Balaban J connectivity index is 1.92. The number of rotatable bonds is 7. The standard InChI is InChI=1S/C20H22Cl2N6O/c1-20(2,18(24)29)15-7-12(10-28-11-14(23)8-26-28)3-4-13(15)5-6-17-16(21)9-25-19(22)27-17/h3-4,7-9,11H,5-6,10,23H2,1-2H3,(H2,24,29). The van der Waals surface area contributed by atoms with E-state index in [9.17, 15) is 4.79 Å². The van der Waals surface area contributed by atoms with Gasteiger partial charge in [-0.05, 0) is 55.0 Å². The maximum Gasteiger partial charge on any atom is 0.227 e. The van der Waals surface area contributed by atoms with Crippen molar-refractivity contribution in [3.8, 4) is 0 Å². The Bertz CT molecular complexity index is 1050. The molecule has 2 aromatic heterocycles. The van der Waals surface area contributed by atoms with E-state index in [0.29, 0.717) is 35.8 Å². The molecule has 3 aromatic rings. The summed E-state index contributed by atoms with van der Waals surface area (Å²) in [7, 11) is 0. The molecule has 0 saturated carbocycles. The molecule has 0 fully saturated rings. The van der Waals surface area contributed by atoms with E-state index in [-0.39, 0.29) is 5.28 Å². The van der Waals surface area contributed by atoms with Crippen LogP contribution in [-0.2, 0) is 29.6 Å². The average Bonchev–Trinajstić information content (AvgIpc) is 3.07. The lowest BCUT2D eigenvalue weighted by molar-refractivity contribution is -0.122. The van der Waals surface area contributed by atoms with Crippen molar-refractivity contribution in [1.29, 1.82) is 0 Å². The predicted molar refractivity (Wildman–Crippen MR) is 114 cm³/mol. The molecule has 0 radical (unpaired) electrons. The number of benzene rings is 1. The van der Waals surface area contributed by atoms with Crippen LogP contribution in [0.4, 0.5) is 5.69 Å². The average molecular weight is 433 g/mol. The van der Waals surface area contributed by atoms with Crippen molar-refractivity contribution in [2.45, 2.75) is 38.6 Å². The molecule has 0 aliphatic rings. The summed E-state index contributed by atoms with van der Waals surface area (Å²) in [4.78, 5) is 20.2. The zero-order valence-electron chi connectivity index (χ0n) is 16.2. The minimum atomic E-state index is -0.846. The molecule has 0 spiro atoms. The Morgan fingerprint density at radius 2 is 1.97 bits per heavy atom. The number of hydrogen-bond acceptors (Lipinski definition) is 5. The Morgan fingerprint density at radius 1 is 1.21 bits per heavy atom. The summed E-state index contributed by atoms with van der Waals surface area (Å²) in [5, 5.41) is 4.82. The van der Waals surface area contributed by atoms with Crippen molar-refractivity contribution in [3.63, 3.8) is 0 Å². The molecule has 1 amide bonds. The number of anilines is 1. The Labute approximate surface area is 179 Å². The maximum absolute atomic E-state index is 12.1. The minimum absolute atomic E-state index is 0.149. The van der Waals surface area contributed by atoms with Gasteiger partial charge in [0.05, 0.1) is 40.8 Å². The second-order valence-electron chi connectivity index (χ2n) is 7.39. The molecule has 29 heavy (non-hydrogen) atoms. The van der Waals surface area contributed by atoms with Crippen LogP contribution in [0.15, 0.2) is 36.8 Å². The topological polar surface area (TPSA) is 113 Å². The first-order chi connectivity index (χ1) is 13.7. The molecule has 0 bridgehead atoms. The van der Waals surface area contributed by atoms with E-state index in [4.69, 9.17) is 34.7 Å². The van der Waals surface area contributed by atoms with Gasteiger partial charge in [0.2, 0.25) is 11.2 Å². The van der Waals surface area contributed by atoms with Gasteiger partial charge < -0.3 is 11.5 Å². The van der Waals surface area contributed by atoms with E-state index in [1.807, 2.05) is 32.0 Å². The van der Waals surface area contributed by atoms with E-state index in [0.717, 1.165) is 16.7 Å². The summed E-state index contributed by atoms with van der Waals surface area (Å²) in [6.07, 6.45) is 6.01. The van der Waals surface area contributed by atoms with Gasteiger partial charge in [0, 0.05) is 6.20 Å². The molecule has 152 valence electrons. The fourth-order valence-electron chi connectivity index (χ4n) is 3.11. The molecule has 0 atom stereocenters. The summed E-state index contributed by atoms with van der Waals surface area (Å²) < 4.78 is 1.74. The number of nitrogens with zero attached hydrogens (tertiary/aromatic N) is 4. The largest absolute Gasteiger partial charge is 0.396 e. The number of nitrogens with two attached hydrogens (primary N) is 2. The molecule has 3 rings (SSSR count). The number of primary amides is 1. The van der Waals surface area contributed by atoms with Crippen molar-refractivity contribution >= 4 is 34.8 Å². The van der Waals surface area contributed by atoms with Crippen LogP contribution in [0.25, 0.3) is 0 Å². The van der Waals surface area contributed by atoms with Gasteiger partial charge in [-0.3, -0.25) is 9.48 Å². The van der Waals surface area contributed by atoms with Crippen molar-refractivity contribution in [1.82, 2.24) is 19.7 Å². The minimum Gasteiger partial charge on any atom is -0.396 e. The van der Waals surface area contributed by atoms with Crippen LogP contribution in [0, 0.1) is 0 Å². The van der Waals surface area contributed by atoms with Gasteiger partial charge in [-0.2, -0.15) is 5.10 Å². The highest BCUT2D eigenvalue weighted by Crippen LogP contribution is 2.29. The van der Waals surface area contributed by atoms with Crippen LogP contribution in [0.2, 0.25) is 10.3 Å². The molecule has 0 aliphatic heterocycles. The molecular weight excluding hydrogens is 411 g/mol. The number of hydrogen-bond donors (Lipinski definition) is 2. The summed E-state index contributed by atoms with van der Waals surface area (Å²) in [5.74, 6) is -0.401. The third kappa shape index (κ3) is 4.86. The molecule has 0 saturated heterocycles. The lowest BCUT2D eigenvalue weighted by Crippen LogP contribution is -2.36. The van der Waals surface area contributed by atoms with E-state index >= 15 is 0 Å². The van der Waals surface area contributed by atoms with Crippen molar-refractivity contribution < 1.29 is 4.79 Å². The van der Waals surface area contributed by atoms with Crippen LogP contribution in [0.5, 0.6) is 0 Å². The third-order valence-corrected chi connectivity index (χ3v) is 5.38. The second kappa shape index (κ2) is 8.39. The van der Waals surface area contributed by atoms with Crippen LogP contribution >= 0.6 is 23.2 Å². The number of aryl methyl sites for hydroxylation is 2. The molecule has 0 unspecified atom stereocenters. The summed E-state index contributed by atoms with van der Waals surface area (Å²) in [5.41, 5.74) is 14.7. The molecule has 0 aliphatic carbocycles. The predicted octanol–water partition coefficient (Wildman–Crippen LogP) is 3.16. The lowest BCUT2D eigenvalue weighted by Gasteiger charge is -2.25. The smallest absolute Gasteiger partial charge is 0.227 e. The summed E-state index contributed by atoms with van der Waals surface area (Å²) in [6, 6.07) is 5.99. The highest BCUT2D eigenvalue weighted by atomic mass is 35.5. The van der Waals surface area contributed by atoms with Crippen LogP contribution < -0.4 is 11.5 Å². The number of aromatic nitrogens is 4. The zero-order chi connectivity index (χ0) is 21.2. The van der Waals surface area contributed by atoms with Gasteiger partial charge in [0.15, 0.2) is 0 Å². The van der Waals surface area contributed by atoms with Gasteiger partial charge in [-0.1, -0.05) is 29.8 Å². The van der Waals surface area contributed by atoms with Gasteiger partial charge in [0.1, 0.15) is 0 Å². The maximum atomic E-state index is 12.1. The first-order valence-corrected chi connectivity index (χ1v) is 9.79. The SMILES string of the molecule is CC(C)(C(N)=O)c1cc(Cn2cc(N)cn2)ccc1CCc1nc(Cl)ncc1Cl. The second-order valence-corrected chi connectivity index (χ2v) is 8.13. The van der Waals surface area contributed by atoms with Crippen molar-refractivity contribution in [2.24, 2.45) is 5.73 Å². The quantitative estimate of drug-likeness (QED) is 0.556. The fraction of sp³-hybridized carbons (Fsp3) is 0.300. The summed E-state index contributed by atoms with van der Waals surface area (Å²) in [6.45, 7) is 4.17. The van der Waals surface area contributed by atoms with Crippen LogP contribution in [0.1, 0.15) is 36.2 Å². The van der Waals surface area contributed by atoms with E-state index < -0.39 is 11.3 Å². The first kappa shape index (κ1) is 21.1. The first-order valence-electron chi connectivity index (χ1n) is 9.04. The monoisotopic (exact) mass is 432 g/mol. The molecule has 9 heteroatoms. The van der Waals surface area contributed by atoms with E-state index in [2.05, 4.69) is 15.1 Å². The van der Waals surface area contributed by atoms with Crippen LogP contribution in [-0.4, -0.2) is 25.7 Å². The van der Waals surface area contributed by atoms with Gasteiger partial charge in [-0.25, -0.2) is 9.97 Å². The lowest BCUT2D eigenvalue weighted by atomic mass is 9.79. The number of carbonyl (C=O) groups is 1. The zero-order valence-corrected chi connectivity index (χ0v) is 17.7. The van der Waals surface area contributed by atoms with E-state index in [1.54, 1.807) is 17.1 Å². The third-order valence-electron chi connectivity index (χ3n) is 4.88. The Hall–Kier alpha value is -2.64. The normalized spacial score (nSPS) is 11.6. The van der Waals surface area contributed by atoms with Crippen LogP contribution in [0.3, 0.4) is 0 Å². The molecule has 7 nitrogen and oxygen atoms in total. The number of nitrogen functional groups attached to an aromatic ring is 1. The molecule has 4 N–H and O–H groups in total. The van der Waals surface area contributed by atoms with Gasteiger partial charge in [0.25, 0.3) is 0 Å². The van der Waals surface area contributed by atoms with Gasteiger partial charge >= 0.3 is 0 Å². The fourth-order valence-corrected chi connectivity index (χ4v) is 3.45. The Morgan fingerprint density at radius 3 is 2.62 bits per heavy atom. The number of amides is 1. The van der Waals surface area contributed by atoms with Crippen molar-refractivity contribution in [2.75, 3.05) is 5.73 Å². The van der Waals surface area contributed by atoms with E-state index in [1.165, 1.54) is 6.20 Å². The number of carbonyl (C=O) groups excluding carboxylic acids is 1. The highest BCUT2D eigenvalue weighted by molar-refractivity contribution is 6.31. The molecule has 2 heterocycles. The summed E-state index contributed by atoms with van der Waals surface area (Å²) >= 11 is 12.1. The highest BCUT2D eigenvalue weighted by Gasteiger charge is 2.30. The molecular formula is C20H22Cl2N6O. The molecule has 1 aromatic carbocycles. The van der Waals surface area contributed by atoms with Gasteiger partial charge in [-0.15, -0.1) is 0 Å². The number of halogens is 2. The van der Waals surface area contributed by atoms with Crippen molar-refractivity contribution in [3.05, 3.63) is 69.5 Å². The Kier molecular flexibility index (Phi) is 6.10.